The molecular formula is C23H32N2O2. The maximum Gasteiger partial charge on any atom is 0.161 e. The van der Waals surface area contributed by atoms with E-state index in [2.05, 4.69) is 60.2 Å². The number of hydrogen-bond donors (Lipinski definition) is 0. The van der Waals surface area contributed by atoms with Gasteiger partial charge in [0.2, 0.25) is 0 Å². The van der Waals surface area contributed by atoms with Crippen LogP contribution in [-0.2, 0) is 13.0 Å². The van der Waals surface area contributed by atoms with Crippen LogP contribution in [0.2, 0.25) is 0 Å². The van der Waals surface area contributed by atoms with Crippen LogP contribution in [0.1, 0.15) is 23.1 Å². The highest BCUT2D eigenvalue weighted by Crippen LogP contribution is 2.29. The highest BCUT2D eigenvalue weighted by atomic mass is 16.5. The van der Waals surface area contributed by atoms with Crippen molar-refractivity contribution in [3.63, 3.8) is 0 Å². The van der Waals surface area contributed by atoms with Gasteiger partial charge in [0.25, 0.3) is 0 Å². The molecule has 1 fully saturated rings. The lowest BCUT2D eigenvalue weighted by Gasteiger charge is -2.32. The molecule has 0 aliphatic carbocycles. The fourth-order valence-electron chi connectivity index (χ4n) is 3.50. The molecule has 1 saturated heterocycles. The number of rotatable bonds is 8. The van der Waals surface area contributed by atoms with E-state index in [9.17, 15) is 0 Å². The predicted molar refractivity (Wildman–Crippen MR) is 111 cm³/mol. The van der Waals surface area contributed by atoms with Gasteiger partial charge in [-0.15, -0.1) is 0 Å². The summed E-state index contributed by atoms with van der Waals surface area (Å²) in [5.41, 5.74) is 3.77. The lowest BCUT2D eigenvalue weighted by atomic mass is 10.1. The van der Waals surface area contributed by atoms with Crippen LogP contribution in [0.15, 0.2) is 42.5 Å². The van der Waals surface area contributed by atoms with Crippen LogP contribution < -0.4 is 9.47 Å². The minimum atomic E-state index is 0.563. The first-order valence-corrected chi connectivity index (χ1v) is 9.91. The second-order valence-electron chi connectivity index (χ2n) is 7.45. The van der Waals surface area contributed by atoms with Crippen molar-refractivity contribution in [3.8, 4) is 11.5 Å². The van der Waals surface area contributed by atoms with Gasteiger partial charge in [-0.05, 0) is 62.2 Å². The summed E-state index contributed by atoms with van der Waals surface area (Å²) in [6.45, 7) is 8.57. The van der Waals surface area contributed by atoms with Gasteiger partial charge in [0, 0.05) is 26.2 Å². The summed E-state index contributed by atoms with van der Waals surface area (Å²) in [7, 11) is 3.90. The number of aryl methyl sites for hydroxylation is 2. The smallest absolute Gasteiger partial charge is 0.161 e. The van der Waals surface area contributed by atoms with Gasteiger partial charge in [-0.1, -0.05) is 30.3 Å². The maximum absolute atomic E-state index is 6.10. The van der Waals surface area contributed by atoms with Crippen LogP contribution in [-0.4, -0.2) is 56.7 Å². The first kappa shape index (κ1) is 19.7. The predicted octanol–water partition coefficient (Wildman–Crippen LogP) is 3.76. The van der Waals surface area contributed by atoms with Gasteiger partial charge in [0.1, 0.15) is 6.61 Å². The lowest BCUT2D eigenvalue weighted by molar-refractivity contribution is 0.153. The topological polar surface area (TPSA) is 24.9 Å². The molecule has 4 heteroatoms. The van der Waals surface area contributed by atoms with Crippen LogP contribution in [0, 0.1) is 6.92 Å². The molecule has 3 rings (SSSR count). The molecule has 4 nitrogen and oxygen atoms in total. The van der Waals surface area contributed by atoms with E-state index in [4.69, 9.17) is 9.47 Å². The molecule has 1 aliphatic rings. The Morgan fingerprint density at radius 2 is 1.74 bits per heavy atom. The Morgan fingerprint density at radius 1 is 0.963 bits per heavy atom. The molecule has 0 aromatic heterocycles. The number of benzene rings is 2. The maximum atomic E-state index is 6.10. The summed E-state index contributed by atoms with van der Waals surface area (Å²) in [4.78, 5) is 4.97. The highest BCUT2D eigenvalue weighted by molar-refractivity contribution is 5.43. The molecule has 0 saturated carbocycles. The quantitative estimate of drug-likeness (QED) is 0.708. The fraction of sp³-hybridized carbons (Fsp3) is 0.478. The van der Waals surface area contributed by atoms with Crippen molar-refractivity contribution in [1.29, 1.82) is 0 Å². The molecule has 0 unspecified atom stereocenters. The third kappa shape index (κ3) is 5.72. The van der Waals surface area contributed by atoms with Crippen molar-refractivity contribution >= 4 is 0 Å². The molecule has 0 N–H and O–H groups in total. The van der Waals surface area contributed by atoms with Gasteiger partial charge >= 0.3 is 0 Å². The summed E-state index contributed by atoms with van der Waals surface area (Å²) in [6, 6.07) is 14.7. The number of hydrogen-bond acceptors (Lipinski definition) is 4. The molecule has 146 valence electrons. The van der Waals surface area contributed by atoms with E-state index in [1.165, 1.54) is 55.8 Å². The third-order valence-corrected chi connectivity index (χ3v) is 5.41. The second-order valence-corrected chi connectivity index (χ2v) is 7.45. The molecule has 0 atom stereocenters. The summed E-state index contributed by atoms with van der Waals surface area (Å²) >= 11 is 0. The molecule has 2 aromatic rings. The first-order valence-electron chi connectivity index (χ1n) is 9.91. The number of ether oxygens (including phenoxy) is 2. The van der Waals surface area contributed by atoms with Gasteiger partial charge < -0.3 is 19.3 Å². The Hall–Kier alpha value is -2.04. The molecule has 2 aromatic carbocycles. The lowest BCUT2D eigenvalue weighted by Crippen LogP contribution is -2.44. The molecule has 0 amide bonds. The van der Waals surface area contributed by atoms with Gasteiger partial charge in [-0.25, -0.2) is 0 Å². The Bertz CT molecular complexity index is 724. The van der Waals surface area contributed by atoms with E-state index < -0.39 is 0 Å². The average molecular weight is 369 g/mol. The Labute approximate surface area is 163 Å². The normalized spacial score (nSPS) is 15.7. The van der Waals surface area contributed by atoms with E-state index in [-0.39, 0.29) is 0 Å². The van der Waals surface area contributed by atoms with E-state index >= 15 is 0 Å². The van der Waals surface area contributed by atoms with Crippen molar-refractivity contribution in [2.75, 3.05) is 46.9 Å². The summed E-state index contributed by atoms with van der Waals surface area (Å²) in [5, 5.41) is 0. The zero-order valence-electron chi connectivity index (χ0n) is 16.9. The van der Waals surface area contributed by atoms with Gasteiger partial charge in [-0.2, -0.15) is 0 Å². The standard InChI is InChI=1S/C23H32N2O2/c1-19-7-4-5-9-21(19)18-27-23-17-20(10-11-22(23)26-3)8-6-12-25-15-13-24(2)14-16-25/h4-5,7,9-11,17H,6,8,12-16,18H2,1-3H3. The van der Waals surface area contributed by atoms with Crippen LogP contribution >= 0.6 is 0 Å². The summed E-state index contributed by atoms with van der Waals surface area (Å²) in [6.07, 6.45) is 2.24. The molecule has 0 bridgehead atoms. The number of nitrogens with zero attached hydrogens (tertiary/aromatic N) is 2. The number of methoxy groups -OCH3 is 1. The van der Waals surface area contributed by atoms with E-state index in [0.717, 1.165) is 17.9 Å². The highest BCUT2D eigenvalue weighted by Gasteiger charge is 2.13. The zero-order chi connectivity index (χ0) is 19.1. The summed E-state index contributed by atoms with van der Waals surface area (Å²) in [5.74, 6) is 1.63. The third-order valence-electron chi connectivity index (χ3n) is 5.41. The van der Waals surface area contributed by atoms with Crippen LogP contribution in [0.25, 0.3) is 0 Å². The minimum Gasteiger partial charge on any atom is -0.493 e. The van der Waals surface area contributed by atoms with Gasteiger partial charge in [-0.3, -0.25) is 0 Å². The van der Waals surface area contributed by atoms with Crippen molar-refractivity contribution in [1.82, 2.24) is 9.80 Å². The van der Waals surface area contributed by atoms with Gasteiger partial charge in [0.05, 0.1) is 7.11 Å². The van der Waals surface area contributed by atoms with Crippen LogP contribution in [0.5, 0.6) is 11.5 Å². The molecule has 1 heterocycles. The van der Waals surface area contributed by atoms with E-state index in [0.29, 0.717) is 6.61 Å². The fourth-order valence-corrected chi connectivity index (χ4v) is 3.50. The minimum absolute atomic E-state index is 0.563. The number of likely N-dealkylation sites (N-methyl/N-ethyl adjacent to an activating group) is 1. The monoisotopic (exact) mass is 368 g/mol. The average Bonchev–Trinajstić information content (AvgIpc) is 2.69. The SMILES string of the molecule is COc1ccc(CCCN2CCN(C)CC2)cc1OCc1ccccc1C. The molecule has 27 heavy (non-hydrogen) atoms. The van der Waals surface area contributed by atoms with E-state index in [1.807, 2.05) is 6.07 Å². The van der Waals surface area contributed by atoms with Crippen molar-refractivity contribution in [3.05, 3.63) is 59.2 Å². The molecule has 0 radical (unpaired) electrons. The van der Waals surface area contributed by atoms with Crippen molar-refractivity contribution in [2.45, 2.75) is 26.4 Å². The van der Waals surface area contributed by atoms with Gasteiger partial charge in [0.15, 0.2) is 11.5 Å². The van der Waals surface area contributed by atoms with E-state index in [1.54, 1.807) is 7.11 Å². The van der Waals surface area contributed by atoms with Crippen molar-refractivity contribution < 1.29 is 9.47 Å². The Morgan fingerprint density at radius 3 is 2.48 bits per heavy atom. The molecular weight excluding hydrogens is 336 g/mol. The Balaban J connectivity index is 1.55. The summed E-state index contributed by atoms with van der Waals surface area (Å²) < 4.78 is 11.6. The van der Waals surface area contributed by atoms with Crippen molar-refractivity contribution in [2.24, 2.45) is 0 Å². The number of piperazine rings is 1. The largest absolute Gasteiger partial charge is 0.493 e. The molecule has 1 aliphatic heterocycles. The zero-order valence-corrected chi connectivity index (χ0v) is 16.9. The second kappa shape index (κ2) is 9.77. The first-order chi connectivity index (χ1) is 13.2. The van der Waals surface area contributed by atoms with Crippen LogP contribution in [0.3, 0.4) is 0 Å². The van der Waals surface area contributed by atoms with Crippen LogP contribution in [0.4, 0.5) is 0 Å². The molecule has 0 spiro atoms. The Kier molecular flexibility index (Phi) is 7.13.